The fourth-order valence-corrected chi connectivity index (χ4v) is 2.89. The van der Waals surface area contributed by atoms with E-state index in [1.807, 2.05) is 24.3 Å². The maximum absolute atomic E-state index is 11.3. The largest absolute Gasteiger partial charge is 0.368 e. The third kappa shape index (κ3) is 5.01. The Morgan fingerprint density at radius 3 is 2.59 bits per heavy atom. The van der Waals surface area contributed by atoms with Crippen molar-refractivity contribution in [1.29, 1.82) is 5.26 Å². The van der Waals surface area contributed by atoms with Crippen LogP contribution < -0.4 is 16.0 Å². The summed E-state index contributed by atoms with van der Waals surface area (Å²) >= 11 is 0. The molecule has 3 aromatic rings. The van der Waals surface area contributed by atoms with Gasteiger partial charge < -0.3 is 16.0 Å². The molecule has 0 bridgehead atoms. The van der Waals surface area contributed by atoms with Gasteiger partial charge in [0.1, 0.15) is 18.2 Å². The molecule has 1 saturated heterocycles. The van der Waals surface area contributed by atoms with Gasteiger partial charge in [-0.1, -0.05) is 6.58 Å². The van der Waals surface area contributed by atoms with E-state index in [-0.39, 0.29) is 11.9 Å². The van der Waals surface area contributed by atoms with Crippen LogP contribution in [0.3, 0.4) is 0 Å². The molecule has 2 aromatic heterocycles. The van der Waals surface area contributed by atoms with Crippen LogP contribution in [0.4, 0.5) is 17.5 Å². The fraction of sp³-hybridized carbons (Fsp3) is 0.200. The molecule has 29 heavy (non-hydrogen) atoms. The topological polar surface area (TPSA) is 134 Å². The molecule has 1 fully saturated rings. The van der Waals surface area contributed by atoms with Crippen LogP contribution in [0.25, 0.3) is 10.9 Å². The Morgan fingerprint density at radius 2 is 1.93 bits per heavy atom. The van der Waals surface area contributed by atoms with Crippen LogP contribution in [0, 0.1) is 11.3 Å². The first-order valence-electron chi connectivity index (χ1n) is 9.01. The summed E-state index contributed by atoms with van der Waals surface area (Å²) in [5.41, 5.74) is 7.12. The number of hydrogen-bond acceptors (Lipinski definition) is 8. The number of nitrogen functional groups attached to an aromatic ring is 1. The minimum atomic E-state index is -0.224. The number of carbonyl (C=O) groups is 1. The van der Waals surface area contributed by atoms with E-state index in [1.165, 1.54) is 31.3 Å². The van der Waals surface area contributed by atoms with Gasteiger partial charge in [0, 0.05) is 24.2 Å². The van der Waals surface area contributed by atoms with Crippen molar-refractivity contribution in [3.8, 4) is 6.07 Å². The predicted molar refractivity (Wildman–Crippen MR) is 111 cm³/mol. The summed E-state index contributed by atoms with van der Waals surface area (Å²) in [7, 11) is 0. The third-order valence-corrected chi connectivity index (χ3v) is 4.27. The number of nitrogens with one attached hydrogen (secondary N) is 1. The highest BCUT2D eigenvalue weighted by Crippen LogP contribution is 2.27. The van der Waals surface area contributed by atoms with Gasteiger partial charge in [-0.05, 0) is 37.1 Å². The first-order chi connectivity index (χ1) is 14.1. The number of fused-ring (bicyclic) bond motifs is 1. The standard InChI is InChI=1S/C15H16N4O.C5H4N4/c1-2-14(20)18-11-5-6-12-13(9-11)16-10-17-15(12)19-7-3-4-8-19;6-1-4-2-8-5(7)9-3-4/h2,5-6,9-10H,1,3-4,7-8H2,(H,18,20);2-3H,(H2,7,8,9). The van der Waals surface area contributed by atoms with Gasteiger partial charge in [-0.25, -0.2) is 19.9 Å². The quantitative estimate of drug-likeness (QED) is 0.653. The number of benzene rings is 1. The highest BCUT2D eigenvalue weighted by molar-refractivity contribution is 6.01. The highest BCUT2D eigenvalue weighted by atomic mass is 16.1. The van der Waals surface area contributed by atoms with E-state index < -0.39 is 0 Å². The lowest BCUT2D eigenvalue weighted by Gasteiger charge is -2.18. The minimum Gasteiger partial charge on any atom is -0.368 e. The number of amides is 1. The molecule has 0 unspecified atom stereocenters. The number of aromatic nitrogens is 4. The van der Waals surface area contributed by atoms with E-state index in [1.54, 1.807) is 6.33 Å². The number of nitriles is 1. The highest BCUT2D eigenvalue weighted by Gasteiger charge is 2.16. The number of anilines is 3. The van der Waals surface area contributed by atoms with E-state index in [0.717, 1.165) is 29.8 Å². The van der Waals surface area contributed by atoms with E-state index >= 15 is 0 Å². The van der Waals surface area contributed by atoms with Gasteiger partial charge in [-0.3, -0.25) is 4.79 Å². The number of nitrogens with zero attached hydrogens (tertiary/aromatic N) is 6. The van der Waals surface area contributed by atoms with Gasteiger partial charge in [0.2, 0.25) is 11.9 Å². The van der Waals surface area contributed by atoms with Crippen LogP contribution in [-0.4, -0.2) is 38.9 Å². The third-order valence-electron chi connectivity index (χ3n) is 4.27. The number of nitrogens with two attached hydrogens (primary N) is 1. The van der Waals surface area contributed by atoms with Crippen molar-refractivity contribution >= 4 is 34.3 Å². The fourth-order valence-electron chi connectivity index (χ4n) is 2.89. The molecule has 9 nitrogen and oxygen atoms in total. The SMILES string of the molecule is C=CC(=O)Nc1ccc2c(N3CCCC3)ncnc2c1.N#Cc1cnc(N)nc1. The summed E-state index contributed by atoms with van der Waals surface area (Å²) in [4.78, 5) is 29.5. The van der Waals surface area contributed by atoms with Crippen molar-refractivity contribution in [2.75, 3.05) is 29.0 Å². The number of carbonyl (C=O) groups excluding carboxylic acids is 1. The smallest absolute Gasteiger partial charge is 0.247 e. The predicted octanol–water partition coefficient (Wildman–Crippen LogP) is 2.28. The lowest BCUT2D eigenvalue weighted by molar-refractivity contribution is -0.111. The average molecular weight is 388 g/mol. The van der Waals surface area contributed by atoms with Crippen molar-refractivity contribution in [1.82, 2.24) is 19.9 Å². The van der Waals surface area contributed by atoms with Crippen LogP contribution in [0.15, 0.2) is 49.6 Å². The van der Waals surface area contributed by atoms with E-state index in [0.29, 0.717) is 11.3 Å². The van der Waals surface area contributed by atoms with Gasteiger partial charge >= 0.3 is 0 Å². The van der Waals surface area contributed by atoms with Crippen molar-refractivity contribution in [2.24, 2.45) is 0 Å². The van der Waals surface area contributed by atoms with Crippen LogP contribution in [-0.2, 0) is 4.79 Å². The molecule has 0 saturated carbocycles. The van der Waals surface area contributed by atoms with E-state index in [9.17, 15) is 4.79 Å². The summed E-state index contributed by atoms with van der Waals surface area (Å²) in [6.07, 6.45) is 8.00. The van der Waals surface area contributed by atoms with Crippen LogP contribution in [0.2, 0.25) is 0 Å². The van der Waals surface area contributed by atoms with Gasteiger partial charge in [-0.2, -0.15) is 5.26 Å². The monoisotopic (exact) mass is 388 g/mol. The van der Waals surface area contributed by atoms with E-state index in [2.05, 4.69) is 36.7 Å². The lowest BCUT2D eigenvalue weighted by atomic mass is 10.2. The average Bonchev–Trinajstić information content (AvgIpc) is 3.29. The Bertz CT molecular complexity index is 1050. The summed E-state index contributed by atoms with van der Waals surface area (Å²) in [5, 5.41) is 12.0. The molecule has 4 rings (SSSR count). The summed E-state index contributed by atoms with van der Waals surface area (Å²) in [6, 6.07) is 7.56. The zero-order chi connectivity index (χ0) is 20.6. The number of rotatable bonds is 3. The van der Waals surface area contributed by atoms with Crippen molar-refractivity contribution in [3.63, 3.8) is 0 Å². The second-order valence-electron chi connectivity index (χ2n) is 6.26. The Hall–Kier alpha value is -4.06. The van der Waals surface area contributed by atoms with Gasteiger partial charge in [0.15, 0.2) is 0 Å². The molecule has 1 amide bonds. The Balaban J connectivity index is 0.000000224. The Morgan fingerprint density at radius 1 is 1.21 bits per heavy atom. The molecule has 1 aliphatic rings. The molecule has 0 atom stereocenters. The Labute approximate surface area is 167 Å². The first kappa shape index (κ1) is 19.7. The molecule has 0 aliphatic carbocycles. The molecular weight excluding hydrogens is 368 g/mol. The molecule has 0 spiro atoms. The van der Waals surface area contributed by atoms with Crippen molar-refractivity contribution < 1.29 is 4.79 Å². The van der Waals surface area contributed by atoms with Crippen LogP contribution in [0.5, 0.6) is 0 Å². The maximum atomic E-state index is 11.3. The van der Waals surface area contributed by atoms with Crippen LogP contribution >= 0.6 is 0 Å². The summed E-state index contributed by atoms with van der Waals surface area (Å²) < 4.78 is 0. The normalized spacial score (nSPS) is 12.6. The van der Waals surface area contributed by atoms with Crippen molar-refractivity contribution in [2.45, 2.75) is 12.8 Å². The van der Waals surface area contributed by atoms with Gasteiger partial charge in [0.05, 0.1) is 23.5 Å². The zero-order valence-corrected chi connectivity index (χ0v) is 15.7. The van der Waals surface area contributed by atoms with Crippen LogP contribution in [0.1, 0.15) is 18.4 Å². The molecule has 1 aromatic carbocycles. The lowest BCUT2D eigenvalue weighted by Crippen LogP contribution is -2.19. The second kappa shape index (κ2) is 9.23. The maximum Gasteiger partial charge on any atom is 0.247 e. The Kier molecular flexibility index (Phi) is 6.27. The molecule has 3 heterocycles. The molecule has 9 heteroatoms. The van der Waals surface area contributed by atoms with Gasteiger partial charge in [-0.15, -0.1) is 0 Å². The summed E-state index contributed by atoms with van der Waals surface area (Å²) in [5.74, 6) is 0.946. The second-order valence-corrected chi connectivity index (χ2v) is 6.26. The van der Waals surface area contributed by atoms with E-state index in [4.69, 9.17) is 11.0 Å². The first-order valence-corrected chi connectivity index (χ1v) is 9.01. The molecule has 3 N–H and O–H groups in total. The molecule has 1 aliphatic heterocycles. The molecule has 146 valence electrons. The molecule has 0 radical (unpaired) electrons. The summed E-state index contributed by atoms with van der Waals surface area (Å²) in [6.45, 7) is 5.53. The molecular formula is C20H20N8O. The van der Waals surface area contributed by atoms with Gasteiger partial charge in [0.25, 0.3) is 0 Å². The number of hydrogen-bond donors (Lipinski definition) is 2. The zero-order valence-electron chi connectivity index (χ0n) is 15.7. The van der Waals surface area contributed by atoms with Crippen molar-refractivity contribution in [3.05, 3.63) is 55.1 Å². The minimum absolute atomic E-state index is 0.189.